The second-order valence-corrected chi connectivity index (χ2v) is 17.7. The topological polar surface area (TPSA) is 103 Å². The van der Waals surface area contributed by atoms with Crippen LogP contribution in [0.15, 0.2) is 30.6 Å². The minimum absolute atomic E-state index is 0.0780. The fourth-order valence-electron chi connectivity index (χ4n) is 4.56. The number of hydrogen-bond acceptors (Lipinski definition) is 6. The number of fused-ring (bicyclic) bond motifs is 1. The molecule has 0 radical (unpaired) electrons. The molecule has 0 aliphatic heterocycles. The number of halogens is 1. The summed E-state index contributed by atoms with van der Waals surface area (Å²) < 4.78 is 14.3. The second kappa shape index (κ2) is 10.6. The van der Waals surface area contributed by atoms with Crippen molar-refractivity contribution in [1.82, 2.24) is 24.4 Å². The van der Waals surface area contributed by atoms with Gasteiger partial charge in [0.05, 0.1) is 11.1 Å². The Morgan fingerprint density at radius 2 is 1.97 bits per heavy atom. The second-order valence-electron chi connectivity index (χ2n) is 11.8. The van der Waals surface area contributed by atoms with Crippen LogP contribution in [0, 0.1) is 0 Å². The van der Waals surface area contributed by atoms with Crippen molar-refractivity contribution in [2.75, 3.05) is 6.61 Å². The van der Waals surface area contributed by atoms with E-state index >= 15 is 0 Å². The van der Waals surface area contributed by atoms with Crippen LogP contribution in [0.2, 0.25) is 31.0 Å². The number of rotatable bonds is 9. The van der Waals surface area contributed by atoms with Gasteiger partial charge in [0.1, 0.15) is 12.8 Å². The lowest BCUT2D eigenvalue weighted by Gasteiger charge is -2.46. The molecule has 0 unspecified atom stereocenters. The summed E-state index contributed by atoms with van der Waals surface area (Å²) in [6, 6.07) is 6.67. The van der Waals surface area contributed by atoms with E-state index in [1.807, 2.05) is 49.7 Å². The molecule has 1 N–H and O–H groups in total. The van der Waals surface area contributed by atoms with Crippen LogP contribution in [0.5, 0.6) is 5.88 Å². The molecule has 3 heterocycles. The third-order valence-corrected chi connectivity index (χ3v) is 8.34. The highest BCUT2D eigenvalue weighted by molar-refractivity contribution is 6.76. The standard InChI is InChI=1S/C26H36ClN5O4Si/c1-26(2,3)32(25(33)34)17-13-18(14-17)36-23-21-19(20-9-7-8-10-28-20)15-31(22(21)29-24(27)30-23)16-35-11-12-37(4,5)6/h7-10,15,17-18H,11-14,16H2,1-6H3,(H,33,34). The molecule has 37 heavy (non-hydrogen) atoms. The Labute approximate surface area is 223 Å². The number of nitrogens with zero attached hydrogens (tertiary/aromatic N) is 5. The van der Waals surface area contributed by atoms with Gasteiger partial charge in [-0.3, -0.25) is 4.98 Å². The molecule has 3 aromatic heterocycles. The molecule has 200 valence electrons. The maximum atomic E-state index is 11.9. The number of hydrogen-bond donors (Lipinski definition) is 1. The van der Waals surface area contributed by atoms with Gasteiger partial charge in [-0.05, 0) is 50.5 Å². The van der Waals surface area contributed by atoms with Crippen LogP contribution < -0.4 is 4.74 Å². The summed E-state index contributed by atoms with van der Waals surface area (Å²) in [6.45, 7) is 13.7. The number of carbonyl (C=O) groups is 1. The number of carboxylic acid groups (broad SMARTS) is 1. The molecule has 1 amide bonds. The van der Waals surface area contributed by atoms with Gasteiger partial charge in [0.15, 0.2) is 5.65 Å². The quantitative estimate of drug-likeness (QED) is 0.195. The van der Waals surface area contributed by atoms with E-state index < -0.39 is 19.7 Å². The minimum atomic E-state index is -1.21. The smallest absolute Gasteiger partial charge is 0.407 e. The van der Waals surface area contributed by atoms with E-state index in [2.05, 4.69) is 34.6 Å². The molecule has 9 nitrogen and oxygen atoms in total. The van der Waals surface area contributed by atoms with E-state index in [0.717, 1.165) is 17.3 Å². The summed E-state index contributed by atoms with van der Waals surface area (Å²) in [4.78, 5) is 26.8. The van der Waals surface area contributed by atoms with Crippen molar-refractivity contribution in [2.45, 2.75) is 83.7 Å². The predicted molar refractivity (Wildman–Crippen MR) is 147 cm³/mol. The molecule has 4 rings (SSSR count). The number of ether oxygens (including phenoxy) is 2. The zero-order valence-electron chi connectivity index (χ0n) is 22.4. The monoisotopic (exact) mass is 545 g/mol. The Kier molecular flexibility index (Phi) is 7.82. The first-order chi connectivity index (χ1) is 17.3. The summed E-state index contributed by atoms with van der Waals surface area (Å²) in [5.74, 6) is 0.373. The third kappa shape index (κ3) is 6.42. The number of pyridine rings is 1. The molecule has 0 saturated heterocycles. The zero-order chi connectivity index (χ0) is 27.0. The normalized spacial score (nSPS) is 18.0. The SMILES string of the molecule is CC(C)(C)N(C(=O)O)C1CC(Oc2nc(Cl)nc3c2c(-c2ccccn2)cn3COCC[Si](C)(C)C)C1. The van der Waals surface area contributed by atoms with Crippen LogP contribution in [-0.2, 0) is 11.5 Å². The highest BCUT2D eigenvalue weighted by Crippen LogP contribution is 2.39. The van der Waals surface area contributed by atoms with Crippen molar-refractivity contribution < 1.29 is 19.4 Å². The molecule has 0 bridgehead atoms. The van der Waals surface area contributed by atoms with Crippen molar-refractivity contribution in [3.8, 4) is 17.1 Å². The fraction of sp³-hybridized carbons (Fsp3) is 0.538. The first-order valence-electron chi connectivity index (χ1n) is 12.6. The van der Waals surface area contributed by atoms with Gasteiger partial charge in [-0.15, -0.1) is 0 Å². The average Bonchev–Trinajstić information content (AvgIpc) is 3.12. The first kappa shape index (κ1) is 27.3. The van der Waals surface area contributed by atoms with Crippen molar-refractivity contribution in [3.05, 3.63) is 35.9 Å². The molecule has 1 fully saturated rings. The van der Waals surface area contributed by atoms with Gasteiger partial charge >= 0.3 is 6.09 Å². The molecular weight excluding hydrogens is 510 g/mol. The Bertz CT molecular complexity index is 1250. The largest absolute Gasteiger partial charge is 0.474 e. The van der Waals surface area contributed by atoms with E-state index in [4.69, 9.17) is 21.1 Å². The summed E-state index contributed by atoms with van der Waals surface area (Å²) >= 11 is 6.35. The van der Waals surface area contributed by atoms with Gasteiger partial charge in [0.25, 0.3) is 0 Å². The van der Waals surface area contributed by atoms with Gasteiger partial charge in [0, 0.05) is 57.1 Å². The van der Waals surface area contributed by atoms with Gasteiger partial charge < -0.3 is 24.0 Å². The van der Waals surface area contributed by atoms with Crippen LogP contribution in [-0.4, -0.2) is 68.0 Å². The lowest BCUT2D eigenvalue weighted by molar-refractivity contribution is -0.0143. The van der Waals surface area contributed by atoms with E-state index in [-0.39, 0.29) is 17.4 Å². The van der Waals surface area contributed by atoms with Gasteiger partial charge in [-0.25, -0.2) is 4.79 Å². The Morgan fingerprint density at radius 1 is 1.24 bits per heavy atom. The third-order valence-electron chi connectivity index (χ3n) is 6.47. The van der Waals surface area contributed by atoms with Crippen LogP contribution in [0.3, 0.4) is 0 Å². The lowest BCUT2D eigenvalue weighted by atomic mass is 9.85. The Morgan fingerprint density at radius 3 is 2.57 bits per heavy atom. The molecule has 1 aliphatic carbocycles. The maximum absolute atomic E-state index is 11.9. The van der Waals surface area contributed by atoms with Crippen LogP contribution >= 0.6 is 11.6 Å². The van der Waals surface area contributed by atoms with E-state index in [1.165, 1.54) is 4.90 Å². The molecule has 0 spiro atoms. The molecule has 1 aliphatic rings. The fourth-order valence-corrected chi connectivity index (χ4v) is 5.48. The molecule has 0 aromatic carbocycles. The molecule has 0 atom stereocenters. The first-order valence-corrected chi connectivity index (χ1v) is 16.7. The Balaban J connectivity index is 1.62. The number of aromatic nitrogens is 4. The Hall–Kier alpha value is -2.69. The van der Waals surface area contributed by atoms with Crippen molar-refractivity contribution >= 4 is 36.8 Å². The van der Waals surface area contributed by atoms with Gasteiger partial charge in [-0.2, -0.15) is 9.97 Å². The summed E-state index contributed by atoms with van der Waals surface area (Å²) in [5, 5.41) is 10.5. The molecule has 1 saturated carbocycles. The minimum Gasteiger partial charge on any atom is -0.474 e. The maximum Gasteiger partial charge on any atom is 0.407 e. The van der Waals surface area contributed by atoms with Gasteiger partial charge in [-0.1, -0.05) is 25.7 Å². The average molecular weight is 546 g/mol. The summed E-state index contributed by atoms with van der Waals surface area (Å²) in [7, 11) is -1.21. The van der Waals surface area contributed by atoms with Crippen LogP contribution in [0.4, 0.5) is 4.79 Å². The van der Waals surface area contributed by atoms with Gasteiger partial charge in [0.2, 0.25) is 11.2 Å². The van der Waals surface area contributed by atoms with Crippen molar-refractivity contribution in [3.63, 3.8) is 0 Å². The van der Waals surface area contributed by atoms with E-state index in [1.54, 1.807) is 6.20 Å². The molecule has 11 heteroatoms. The van der Waals surface area contributed by atoms with E-state index in [9.17, 15) is 9.90 Å². The highest BCUT2D eigenvalue weighted by Gasteiger charge is 2.42. The lowest BCUT2D eigenvalue weighted by Crippen LogP contribution is -2.58. The van der Waals surface area contributed by atoms with E-state index in [0.29, 0.717) is 43.1 Å². The van der Waals surface area contributed by atoms with Crippen LogP contribution in [0.1, 0.15) is 33.6 Å². The summed E-state index contributed by atoms with van der Waals surface area (Å²) in [5.41, 5.74) is 1.71. The number of amides is 1. The molecule has 3 aromatic rings. The predicted octanol–water partition coefficient (Wildman–Crippen LogP) is 6.15. The molecular formula is C26H36ClN5O4Si. The summed E-state index contributed by atoms with van der Waals surface area (Å²) in [6.07, 6.45) is 3.74. The highest BCUT2D eigenvalue weighted by atomic mass is 35.5. The van der Waals surface area contributed by atoms with Crippen molar-refractivity contribution in [2.24, 2.45) is 0 Å². The zero-order valence-corrected chi connectivity index (χ0v) is 24.1. The van der Waals surface area contributed by atoms with Crippen LogP contribution in [0.25, 0.3) is 22.3 Å². The van der Waals surface area contributed by atoms with Crippen molar-refractivity contribution in [1.29, 1.82) is 0 Å².